The van der Waals surface area contributed by atoms with E-state index in [9.17, 15) is 9.18 Å². The largest absolute Gasteiger partial charge is 0.465 e. The number of benzene rings is 1. The van der Waals surface area contributed by atoms with Crippen molar-refractivity contribution in [3.8, 4) is 0 Å². The molecule has 1 aromatic rings. The molecule has 24 heavy (non-hydrogen) atoms. The van der Waals surface area contributed by atoms with Crippen LogP contribution in [0.25, 0.3) is 0 Å². The lowest BCUT2D eigenvalue weighted by atomic mass is 9.78. The van der Waals surface area contributed by atoms with Crippen LogP contribution in [0.1, 0.15) is 40.7 Å². The molecule has 1 aromatic carbocycles. The number of fused-ring (bicyclic) bond motifs is 1. The molecule has 1 aliphatic carbocycles. The minimum Gasteiger partial charge on any atom is -0.465 e. The molecule has 1 atom stereocenters. The van der Waals surface area contributed by atoms with E-state index < -0.39 is 5.97 Å². The molecule has 0 N–H and O–H groups in total. The average Bonchev–Trinajstić information content (AvgIpc) is 2.98. The van der Waals surface area contributed by atoms with Crippen LogP contribution in [-0.4, -0.2) is 55.6 Å². The molecule has 1 spiro atoms. The van der Waals surface area contributed by atoms with Crippen molar-refractivity contribution in [2.45, 2.75) is 38.3 Å². The van der Waals surface area contributed by atoms with Crippen molar-refractivity contribution in [2.75, 3.05) is 33.8 Å². The number of hydrogen-bond donors (Lipinski definition) is 0. The van der Waals surface area contributed by atoms with E-state index in [1.165, 1.54) is 45.5 Å². The molecule has 0 amide bonds. The smallest absolute Gasteiger partial charge is 0.337 e. The van der Waals surface area contributed by atoms with Crippen LogP contribution in [0.4, 0.5) is 4.39 Å². The van der Waals surface area contributed by atoms with Crippen LogP contribution in [0.5, 0.6) is 0 Å². The summed E-state index contributed by atoms with van der Waals surface area (Å²) in [5, 5.41) is 0. The molecule has 2 fully saturated rings. The second-order valence-corrected chi connectivity index (χ2v) is 7.88. The van der Waals surface area contributed by atoms with Crippen LogP contribution >= 0.6 is 0 Å². The summed E-state index contributed by atoms with van der Waals surface area (Å²) in [6.45, 7) is 4.04. The van der Waals surface area contributed by atoms with Gasteiger partial charge in [-0.2, -0.15) is 0 Å². The summed E-state index contributed by atoms with van der Waals surface area (Å²) in [7, 11) is 3.51. The first kappa shape index (κ1) is 16.0. The predicted molar refractivity (Wildman–Crippen MR) is 89.4 cm³/mol. The van der Waals surface area contributed by atoms with E-state index in [-0.39, 0.29) is 5.82 Å². The molecule has 4 nitrogen and oxygen atoms in total. The molecule has 0 aromatic heterocycles. The van der Waals surface area contributed by atoms with E-state index in [0.717, 1.165) is 24.1 Å². The fourth-order valence-corrected chi connectivity index (χ4v) is 5.06. The van der Waals surface area contributed by atoms with Crippen molar-refractivity contribution >= 4 is 5.97 Å². The molecule has 2 heterocycles. The van der Waals surface area contributed by atoms with Gasteiger partial charge in [-0.05, 0) is 55.8 Å². The van der Waals surface area contributed by atoms with Crippen molar-refractivity contribution in [1.82, 2.24) is 9.80 Å². The van der Waals surface area contributed by atoms with E-state index >= 15 is 0 Å². The Hall–Kier alpha value is -1.46. The molecule has 0 radical (unpaired) electrons. The Morgan fingerprint density at radius 1 is 1.38 bits per heavy atom. The lowest BCUT2D eigenvalue weighted by Crippen LogP contribution is -2.53. The minimum atomic E-state index is -0.467. The van der Waals surface area contributed by atoms with Crippen molar-refractivity contribution in [2.24, 2.45) is 5.41 Å². The minimum absolute atomic E-state index is 0.270. The molecule has 5 heteroatoms. The first-order chi connectivity index (χ1) is 11.5. The van der Waals surface area contributed by atoms with Gasteiger partial charge < -0.3 is 9.64 Å². The molecule has 1 saturated carbocycles. The lowest BCUT2D eigenvalue weighted by Gasteiger charge is -2.47. The van der Waals surface area contributed by atoms with E-state index in [1.807, 2.05) is 0 Å². The molecular weight excluding hydrogens is 307 g/mol. The molecule has 2 aliphatic heterocycles. The summed E-state index contributed by atoms with van der Waals surface area (Å²) >= 11 is 0. The van der Waals surface area contributed by atoms with Gasteiger partial charge in [-0.25, -0.2) is 9.18 Å². The molecule has 4 rings (SSSR count). The summed E-state index contributed by atoms with van der Waals surface area (Å²) in [6.07, 6.45) is 4.58. The van der Waals surface area contributed by atoms with Crippen molar-refractivity contribution in [1.29, 1.82) is 0 Å². The third-order valence-electron chi connectivity index (χ3n) is 6.14. The number of rotatable bonds is 2. The summed E-state index contributed by atoms with van der Waals surface area (Å²) in [6, 6.07) is 3.70. The highest BCUT2D eigenvalue weighted by molar-refractivity contribution is 5.89. The van der Waals surface area contributed by atoms with Gasteiger partial charge in [0, 0.05) is 37.8 Å². The van der Waals surface area contributed by atoms with Gasteiger partial charge in [0.15, 0.2) is 0 Å². The summed E-state index contributed by atoms with van der Waals surface area (Å²) in [4.78, 5) is 16.5. The van der Waals surface area contributed by atoms with E-state index in [2.05, 4.69) is 16.8 Å². The number of carbonyl (C=O) groups is 1. The first-order valence-electron chi connectivity index (χ1n) is 8.82. The highest BCUT2D eigenvalue weighted by Crippen LogP contribution is 2.47. The van der Waals surface area contributed by atoms with Gasteiger partial charge in [0.05, 0.1) is 12.7 Å². The summed E-state index contributed by atoms with van der Waals surface area (Å²) in [5.41, 5.74) is 2.57. The van der Waals surface area contributed by atoms with E-state index in [1.54, 1.807) is 6.07 Å². The molecule has 1 saturated heterocycles. The van der Waals surface area contributed by atoms with Gasteiger partial charge in [0.1, 0.15) is 5.82 Å². The fraction of sp³-hybridized carbons (Fsp3) is 0.632. The monoisotopic (exact) mass is 332 g/mol. The van der Waals surface area contributed by atoms with E-state index in [4.69, 9.17) is 4.74 Å². The molecule has 3 aliphatic rings. The predicted octanol–water partition coefficient (Wildman–Crippen LogP) is 2.45. The molecule has 0 bridgehead atoms. The van der Waals surface area contributed by atoms with Crippen LogP contribution in [0, 0.1) is 11.2 Å². The topological polar surface area (TPSA) is 32.8 Å². The third-order valence-corrected chi connectivity index (χ3v) is 6.14. The second-order valence-electron chi connectivity index (χ2n) is 7.88. The van der Waals surface area contributed by atoms with E-state index in [0.29, 0.717) is 23.6 Å². The Bertz CT molecular complexity index is 670. The van der Waals surface area contributed by atoms with Crippen LogP contribution in [0.3, 0.4) is 0 Å². The highest BCUT2D eigenvalue weighted by Gasteiger charge is 2.48. The van der Waals surface area contributed by atoms with Gasteiger partial charge in [0.2, 0.25) is 0 Å². The zero-order chi connectivity index (χ0) is 16.9. The van der Waals surface area contributed by atoms with Crippen molar-refractivity contribution < 1.29 is 13.9 Å². The maximum absolute atomic E-state index is 14.5. The summed E-state index contributed by atoms with van der Waals surface area (Å²) in [5.74, 6) is -0.736. The van der Waals surface area contributed by atoms with Gasteiger partial charge in [0.25, 0.3) is 0 Å². The Morgan fingerprint density at radius 2 is 2.17 bits per heavy atom. The van der Waals surface area contributed by atoms with Crippen molar-refractivity contribution in [3.63, 3.8) is 0 Å². The van der Waals surface area contributed by atoms with Gasteiger partial charge in [-0.15, -0.1) is 0 Å². The Morgan fingerprint density at radius 3 is 2.88 bits per heavy atom. The highest BCUT2D eigenvalue weighted by atomic mass is 19.1. The number of esters is 1. The second kappa shape index (κ2) is 5.81. The number of likely N-dealkylation sites (tertiary alicyclic amines) is 1. The number of halogens is 1. The quantitative estimate of drug-likeness (QED) is 0.779. The SMILES string of the molecule is COC(=O)c1cc(F)c2c(c1)CCN(C1CCC3(C1)CN(C)C3)C2. The Kier molecular flexibility index (Phi) is 3.88. The zero-order valence-corrected chi connectivity index (χ0v) is 14.5. The fourth-order valence-electron chi connectivity index (χ4n) is 5.06. The molecule has 1 unspecified atom stereocenters. The Labute approximate surface area is 142 Å². The van der Waals surface area contributed by atoms with Gasteiger partial charge in [-0.3, -0.25) is 4.90 Å². The Balaban J connectivity index is 1.49. The van der Waals surface area contributed by atoms with Crippen molar-refractivity contribution in [3.05, 3.63) is 34.6 Å². The number of hydrogen-bond acceptors (Lipinski definition) is 4. The number of ether oxygens (including phenoxy) is 1. The van der Waals surface area contributed by atoms with Crippen LogP contribution in [0.2, 0.25) is 0 Å². The zero-order valence-electron chi connectivity index (χ0n) is 14.5. The maximum Gasteiger partial charge on any atom is 0.337 e. The number of methoxy groups -OCH3 is 1. The normalized spacial score (nSPS) is 26.2. The number of carbonyl (C=O) groups excluding carboxylic acids is 1. The van der Waals surface area contributed by atoms with Crippen LogP contribution in [0.15, 0.2) is 12.1 Å². The van der Waals surface area contributed by atoms with Gasteiger partial charge >= 0.3 is 5.97 Å². The molecule has 130 valence electrons. The average molecular weight is 332 g/mol. The van der Waals surface area contributed by atoms with Crippen LogP contribution < -0.4 is 0 Å². The third kappa shape index (κ3) is 2.64. The standard InChI is InChI=1S/C19H25FN2O2/c1-21-11-19(12-21)5-3-15(9-19)22-6-4-13-7-14(18(23)24-2)8-17(20)16(13)10-22/h7-8,15H,3-6,9-12H2,1-2H3. The maximum atomic E-state index is 14.5. The van der Waals surface area contributed by atoms with Gasteiger partial charge in [-0.1, -0.05) is 0 Å². The summed E-state index contributed by atoms with van der Waals surface area (Å²) < 4.78 is 19.2. The lowest BCUT2D eigenvalue weighted by molar-refractivity contribution is 0.0197. The molecular formula is C19H25FN2O2. The van der Waals surface area contributed by atoms with Crippen LogP contribution in [-0.2, 0) is 17.7 Å². The number of nitrogens with zero attached hydrogens (tertiary/aromatic N) is 2. The first-order valence-corrected chi connectivity index (χ1v) is 8.82.